The molecule has 1 fully saturated rings. The highest BCUT2D eigenvalue weighted by Crippen LogP contribution is 2.48. The number of hydrogen-bond acceptors (Lipinski definition) is 5. The van der Waals surface area contributed by atoms with E-state index in [1.54, 1.807) is 4.57 Å². The van der Waals surface area contributed by atoms with Crippen LogP contribution in [0.4, 0.5) is 4.79 Å². The molecule has 1 unspecified atom stereocenters. The van der Waals surface area contributed by atoms with Crippen molar-refractivity contribution in [2.24, 2.45) is 0 Å². The Hall–Kier alpha value is -3.12. The summed E-state index contributed by atoms with van der Waals surface area (Å²) in [6.07, 6.45) is 1.38. The zero-order chi connectivity index (χ0) is 24.0. The zero-order valence-corrected chi connectivity index (χ0v) is 20.2. The Balaban J connectivity index is 1.72. The second kappa shape index (κ2) is 8.34. The summed E-state index contributed by atoms with van der Waals surface area (Å²) in [5, 5.41) is 0.928. The summed E-state index contributed by atoms with van der Waals surface area (Å²) in [5.41, 5.74) is 1.61. The van der Waals surface area contributed by atoms with Gasteiger partial charge in [0.05, 0.1) is 11.6 Å². The van der Waals surface area contributed by atoms with Gasteiger partial charge >= 0.3 is 12.1 Å². The SMILES string of the molecule is CC(C)(C)OC(=O)[C@H]1[C@H](c2cn(C(=O)OC(C)(C)C)c3ccccc23)N1Cc1ccccc1. The Labute approximate surface area is 195 Å². The van der Waals surface area contributed by atoms with Crippen LogP contribution < -0.4 is 0 Å². The van der Waals surface area contributed by atoms with Gasteiger partial charge in [-0.2, -0.15) is 0 Å². The number of carbonyl (C=O) groups is 2. The van der Waals surface area contributed by atoms with E-state index in [-0.39, 0.29) is 12.0 Å². The largest absolute Gasteiger partial charge is 0.459 e. The molecule has 0 bridgehead atoms. The quantitative estimate of drug-likeness (QED) is 0.379. The monoisotopic (exact) mass is 448 g/mol. The molecule has 6 nitrogen and oxygen atoms in total. The van der Waals surface area contributed by atoms with Crippen molar-refractivity contribution >= 4 is 23.0 Å². The summed E-state index contributed by atoms with van der Waals surface area (Å²) in [5.74, 6) is -0.252. The standard InChI is InChI=1S/C27H32N2O4/c1-26(2,3)32-24(30)23-22(29(23)16-18-12-8-7-9-13-18)20-17-28(25(31)33-27(4,5)6)21-15-11-10-14-19(20)21/h7-15,17,22-23H,16H2,1-6H3/t22-,23+,29?/m0/s1. The second-order valence-corrected chi connectivity index (χ2v) is 10.5. The van der Waals surface area contributed by atoms with Crippen LogP contribution in [0, 0.1) is 0 Å². The first-order chi connectivity index (χ1) is 15.4. The maximum Gasteiger partial charge on any atom is 0.419 e. The minimum absolute atomic E-state index is 0.186. The average molecular weight is 449 g/mol. The van der Waals surface area contributed by atoms with E-state index in [1.807, 2.05) is 102 Å². The lowest BCUT2D eigenvalue weighted by Gasteiger charge is -2.19. The van der Waals surface area contributed by atoms with E-state index in [4.69, 9.17) is 9.47 Å². The molecule has 174 valence electrons. The molecular weight excluding hydrogens is 416 g/mol. The third-order valence-electron chi connectivity index (χ3n) is 5.43. The fourth-order valence-corrected chi connectivity index (χ4v) is 4.15. The summed E-state index contributed by atoms with van der Waals surface area (Å²) in [6.45, 7) is 11.8. The number of benzene rings is 2. The molecule has 33 heavy (non-hydrogen) atoms. The number of fused-ring (bicyclic) bond motifs is 1. The Morgan fingerprint density at radius 3 is 2.09 bits per heavy atom. The van der Waals surface area contributed by atoms with Gasteiger partial charge in [-0.05, 0) is 58.7 Å². The van der Waals surface area contributed by atoms with Gasteiger partial charge in [-0.3, -0.25) is 14.3 Å². The molecule has 0 aliphatic carbocycles. The van der Waals surface area contributed by atoms with Gasteiger partial charge in [0.25, 0.3) is 0 Å². The molecule has 1 saturated heterocycles. The number of ether oxygens (including phenoxy) is 2. The topological polar surface area (TPSA) is 60.5 Å². The van der Waals surface area contributed by atoms with Crippen LogP contribution in [0.5, 0.6) is 0 Å². The van der Waals surface area contributed by atoms with Gasteiger partial charge < -0.3 is 9.47 Å². The van der Waals surface area contributed by atoms with E-state index in [2.05, 4.69) is 4.90 Å². The van der Waals surface area contributed by atoms with Crippen molar-refractivity contribution < 1.29 is 19.1 Å². The van der Waals surface area contributed by atoms with Crippen molar-refractivity contribution in [1.82, 2.24) is 9.47 Å². The van der Waals surface area contributed by atoms with E-state index < -0.39 is 23.3 Å². The van der Waals surface area contributed by atoms with Gasteiger partial charge in [0.2, 0.25) is 0 Å². The van der Waals surface area contributed by atoms with E-state index in [0.29, 0.717) is 6.54 Å². The molecule has 2 heterocycles. The number of esters is 1. The number of para-hydroxylation sites is 1. The van der Waals surface area contributed by atoms with Crippen molar-refractivity contribution in [2.75, 3.05) is 0 Å². The maximum absolute atomic E-state index is 13.1. The molecule has 1 aliphatic heterocycles. The molecule has 1 aromatic heterocycles. The molecule has 0 N–H and O–H groups in total. The predicted octanol–water partition coefficient (Wildman–Crippen LogP) is 5.69. The third-order valence-corrected chi connectivity index (χ3v) is 5.43. The molecule has 0 saturated carbocycles. The lowest BCUT2D eigenvalue weighted by Crippen LogP contribution is -2.28. The van der Waals surface area contributed by atoms with Crippen LogP contribution >= 0.6 is 0 Å². The number of carbonyl (C=O) groups excluding carboxylic acids is 2. The number of hydrogen-bond donors (Lipinski definition) is 0. The van der Waals surface area contributed by atoms with Gasteiger partial charge in [-0.1, -0.05) is 48.5 Å². The molecular formula is C27H32N2O4. The smallest absolute Gasteiger partial charge is 0.419 e. The maximum atomic E-state index is 13.1. The normalized spacial score (nSPS) is 20.5. The first-order valence-electron chi connectivity index (χ1n) is 11.3. The Bertz CT molecular complexity index is 1170. The minimum Gasteiger partial charge on any atom is -0.459 e. The van der Waals surface area contributed by atoms with Gasteiger partial charge in [-0.25, -0.2) is 4.79 Å². The highest BCUT2D eigenvalue weighted by molar-refractivity contribution is 5.94. The van der Waals surface area contributed by atoms with E-state index in [1.165, 1.54) is 0 Å². The molecule has 0 amide bonds. The van der Waals surface area contributed by atoms with Crippen LogP contribution in [0.3, 0.4) is 0 Å². The molecule has 0 radical (unpaired) electrons. The van der Waals surface area contributed by atoms with Gasteiger partial charge in [-0.15, -0.1) is 0 Å². The first kappa shape index (κ1) is 23.1. The average Bonchev–Trinajstić information content (AvgIpc) is 3.27. The molecule has 2 aromatic carbocycles. The summed E-state index contributed by atoms with van der Waals surface area (Å²) >= 11 is 0. The van der Waals surface area contributed by atoms with Crippen molar-refractivity contribution in [3.63, 3.8) is 0 Å². The Morgan fingerprint density at radius 2 is 1.45 bits per heavy atom. The molecule has 4 rings (SSSR count). The van der Waals surface area contributed by atoms with Crippen molar-refractivity contribution in [3.8, 4) is 0 Å². The van der Waals surface area contributed by atoms with Crippen LogP contribution in [0.1, 0.15) is 58.7 Å². The molecule has 0 spiro atoms. The fraction of sp³-hybridized carbons (Fsp3) is 0.407. The van der Waals surface area contributed by atoms with Crippen LogP contribution in [0.15, 0.2) is 60.8 Å². The molecule has 6 heteroatoms. The molecule has 1 aliphatic rings. The lowest BCUT2D eigenvalue weighted by molar-refractivity contribution is -0.155. The fourth-order valence-electron chi connectivity index (χ4n) is 4.15. The summed E-state index contributed by atoms with van der Waals surface area (Å²) in [4.78, 5) is 28.2. The number of aromatic nitrogens is 1. The minimum atomic E-state index is -0.611. The van der Waals surface area contributed by atoms with Crippen molar-refractivity contribution in [2.45, 2.75) is 71.4 Å². The number of nitrogens with zero attached hydrogens (tertiary/aromatic N) is 2. The van der Waals surface area contributed by atoms with E-state index in [9.17, 15) is 9.59 Å². The van der Waals surface area contributed by atoms with Crippen LogP contribution in [0.25, 0.3) is 10.9 Å². The van der Waals surface area contributed by atoms with Crippen LogP contribution in [-0.2, 0) is 20.8 Å². The Morgan fingerprint density at radius 1 is 0.848 bits per heavy atom. The predicted molar refractivity (Wildman–Crippen MR) is 128 cm³/mol. The van der Waals surface area contributed by atoms with Crippen LogP contribution in [0.2, 0.25) is 0 Å². The van der Waals surface area contributed by atoms with Gasteiger partial charge in [0.1, 0.15) is 17.2 Å². The summed E-state index contributed by atoms with van der Waals surface area (Å²) in [6, 6.07) is 17.2. The zero-order valence-electron chi connectivity index (χ0n) is 20.2. The first-order valence-corrected chi connectivity index (χ1v) is 11.3. The van der Waals surface area contributed by atoms with Gasteiger partial charge in [0.15, 0.2) is 0 Å². The van der Waals surface area contributed by atoms with E-state index in [0.717, 1.165) is 22.0 Å². The van der Waals surface area contributed by atoms with Gasteiger partial charge in [0, 0.05) is 18.1 Å². The van der Waals surface area contributed by atoms with Crippen molar-refractivity contribution in [1.29, 1.82) is 0 Å². The summed E-state index contributed by atoms with van der Waals surface area (Å²) in [7, 11) is 0. The van der Waals surface area contributed by atoms with Crippen LogP contribution in [-0.4, -0.2) is 38.8 Å². The molecule has 3 atom stereocenters. The highest BCUT2D eigenvalue weighted by atomic mass is 16.6. The third kappa shape index (κ3) is 5.11. The highest BCUT2D eigenvalue weighted by Gasteiger charge is 2.55. The van der Waals surface area contributed by atoms with Crippen molar-refractivity contribution in [3.05, 3.63) is 71.9 Å². The second-order valence-electron chi connectivity index (χ2n) is 10.5. The molecule has 3 aromatic rings. The van der Waals surface area contributed by atoms with E-state index >= 15 is 0 Å². The summed E-state index contributed by atoms with van der Waals surface area (Å²) < 4.78 is 12.9. The lowest BCUT2D eigenvalue weighted by atomic mass is 10.1. The Kier molecular flexibility index (Phi) is 5.83. The number of rotatable bonds is 4.